The predicted octanol–water partition coefficient (Wildman–Crippen LogP) is 5.88. The van der Waals surface area contributed by atoms with E-state index in [-0.39, 0.29) is 33.4 Å². The van der Waals surface area contributed by atoms with Gasteiger partial charge in [-0.15, -0.1) is 0 Å². The Morgan fingerprint density at radius 1 is 0.786 bits per heavy atom. The topological polar surface area (TPSA) is 18.5 Å². The summed E-state index contributed by atoms with van der Waals surface area (Å²) in [6, 6.07) is 7.29. The van der Waals surface area contributed by atoms with Crippen LogP contribution in [0.15, 0.2) is 36.4 Å². The SMILES string of the molecule is CC1COC(c2ccc(-c3ccc4c(F)c(F)c(F)cc4c3)c(F)c2F)OC1. The van der Waals surface area contributed by atoms with Crippen LogP contribution < -0.4 is 0 Å². The van der Waals surface area contributed by atoms with Crippen molar-refractivity contribution >= 4 is 10.8 Å². The Balaban J connectivity index is 1.75. The second kappa shape index (κ2) is 7.14. The van der Waals surface area contributed by atoms with Crippen LogP contribution in [-0.2, 0) is 9.47 Å². The average Bonchev–Trinajstić information content (AvgIpc) is 2.69. The monoisotopic (exact) mass is 394 g/mol. The molecule has 0 N–H and O–H groups in total. The first-order valence-corrected chi connectivity index (χ1v) is 8.65. The Morgan fingerprint density at radius 2 is 1.50 bits per heavy atom. The van der Waals surface area contributed by atoms with Gasteiger partial charge in [0.2, 0.25) is 0 Å². The van der Waals surface area contributed by atoms with Gasteiger partial charge in [0, 0.05) is 22.4 Å². The molecule has 0 aliphatic carbocycles. The summed E-state index contributed by atoms with van der Waals surface area (Å²) >= 11 is 0. The molecule has 1 fully saturated rings. The lowest BCUT2D eigenvalue weighted by molar-refractivity contribution is -0.203. The molecule has 4 rings (SSSR count). The van der Waals surface area contributed by atoms with E-state index in [2.05, 4.69) is 0 Å². The zero-order chi connectivity index (χ0) is 20.0. The predicted molar refractivity (Wildman–Crippen MR) is 93.0 cm³/mol. The molecule has 0 radical (unpaired) electrons. The number of fused-ring (bicyclic) bond motifs is 1. The zero-order valence-corrected chi connectivity index (χ0v) is 14.7. The molecule has 0 spiro atoms. The third kappa shape index (κ3) is 3.14. The zero-order valence-electron chi connectivity index (χ0n) is 14.7. The summed E-state index contributed by atoms with van der Waals surface area (Å²) < 4.78 is 80.8. The first-order valence-electron chi connectivity index (χ1n) is 8.65. The largest absolute Gasteiger partial charge is 0.348 e. The lowest BCUT2D eigenvalue weighted by Crippen LogP contribution is -2.25. The van der Waals surface area contributed by atoms with E-state index in [1.165, 1.54) is 30.3 Å². The number of benzene rings is 3. The number of rotatable bonds is 2. The molecule has 3 aromatic carbocycles. The summed E-state index contributed by atoms with van der Waals surface area (Å²) in [7, 11) is 0. The van der Waals surface area contributed by atoms with Crippen molar-refractivity contribution in [3.63, 3.8) is 0 Å². The van der Waals surface area contributed by atoms with Crippen LogP contribution in [-0.4, -0.2) is 13.2 Å². The summed E-state index contributed by atoms with van der Waals surface area (Å²) in [5.41, 5.74) is 0.0329. The van der Waals surface area contributed by atoms with E-state index >= 15 is 0 Å². The van der Waals surface area contributed by atoms with Crippen molar-refractivity contribution in [3.05, 3.63) is 71.0 Å². The fraction of sp³-hybridized carbons (Fsp3) is 0.238. The third-order valence-corrected chi connectivity index (χ3v) is 4.71. The first-order chi connectivity index (χ1) is 13.4. The van der Waals surface area contributed by atoms with Gasteiger partial charge in [0.05, 0.1) is 13.2 Å². The van der Waals surface area contributed by atoms with Crippen molar-refractivity contribution in [2.24, 2.45) is 5.92 Å². The molecule has 1 aliphatic heterocycles. The molecule has 1 saturated heterocycles. The minimum atomic E-state index is -1.58. The fourth-order valence-electron chi connectivity index (χ4n) is 3.22. The minimum absolute atomic E-state index is 0.0331. The van der Waals surface area contributed by atoms with Crippen LogP contribution in [0.5, 0.6) is 0 Å². The number of ether oxygens (including phenoxy) is 2. The van der Waals surface area contributed by atoms with Gasteiger partial charge in [-0.05, 0) is 23.1 Å². The number of halogens is 5. The van der Waals surface area contributed by atoms with Crippen LogP contribution in [0.4, 0.5) is 22.0 Å². The summed E-state index contributed by atoms with van der Waals surface area (Å²) in [6.45, 7) is 2.64. The van der Waals surface area contributed by atoms with Crippen molar-refractivity contribution < 1.29 is 31.4 Å². The Kier molecular flexibility index (Phi) is 4.81. The van der Waals surface area contributed by atoms with E-state index in [1.54, 1.807) is 0 Å². The maximum Gasteiger partial charge on any atom is 0.195 e. The van der Waals surface area contributed by atoms with E-state index in [4.69, 9.17) is 9.47 Å². The molecule has 1 aliphatic rings. The smallest absolute Gasteiger partial charge is 0.195 e. The van der Waals surface area contributed by atoms with Crippen LogP contribution in [0, 0.1) is 35.0 Å². The van der Waals surface area contributed by atoms with E-state index in [0.717, 1.165) is 6.07 Å². The van der Waals surface area contributed by atoms with E-state index in [0.29, 0.717) is 13.2 Å². The molecular weight excluding hydrogens is 379 g/mol. The molecule has 0 saturated carbocycles. The first kappa shape index (κ1) is 18.8. The molecular formula is C21H15F5O2. The molecule has 28 heavy (non-hydrogen) atoms. The van der Waals surface area contributed by atoms with Gasteiger partial charge in [0.25, 0.3) is 0 Å². The van der Waals surface area contributed by atoms with Crippen molar-refractivity contribution in [1.29, 1.82) is 0 Å². The quantitative estimate of drug-likeness (QED) is 0.399. The van der Waals surface area contributed by atoms with Gasteiger partial charge in [-0.2, -0.15) is 0 Å². The second-order valence-electron chi connectivity index (χ2n) is 6.86. The molecule has 0 amide bonds. The van der Waals surface area contributed by atoms with E-state index in [1.807, 2.05) is 6.92 Å². The molecule has 0 bridgehead atoms. The molecule has 0 unspecified atom stereocenters. The van der Waals surface area contributed by atoms with Crippen molar-refractivity contribution in [1.82, 2.24) is 0 Å². The Labute approximate surface area is 157 Å². The maximum absolute atomic E-state index is 14.7. The normalized spacial score (nSPS) is 19.9. The lowest BCUT2D eigenvalue weighted by atomic mass is 9.98. The van der Waals surface area contributed by atoms with Gasteiger partial charge < -0.3 is 9.47 Å². The second-order valence-corrected chi connectivity index (χ2v) is 6.86. The van der Waals surface area contributed by atoms with Crippen molar-refractivity contribution in [3.8, 4) is 11.1 Å². The lowest BCUT2D eigenvalue weighted by Gasteiger charge is -2.28. The van der Waals surface area contributed by atoms with E-state index < -0.39 is 35.4 Å². The average molecular weight is 394 g/mol. The standard InChI is InChI=1S/C21H15F5O2/c1-10-8-27-21(28-9-10)15-5-4-13(17(23)19(15)25)11-2-3-14-12(6-11)7-16(22)20(26)18(14)24/h2-7,10,21H,8-9H2,1H3. The summed E-state index contributed by atoms with van der Waals surface area (Å²) in [5.74, 6) is -6.36. The van der Waals surface area contributed by atoms with Gasteiger partial charge in [0.15, 0.2) is 35.4 Å². The molecule has 2 nitrogen and oxygen atoms in total. The van der Waals surface area contributed by atoms with Gasteiger partial charge in [-0.3, -0.25) is 0 Å². The highest BCUT2D eigenvalue weighted by Crippen LogP contribution is 2.34. The van der Waals surface area contributed by atoms with E-state index in [9.17, 15) is 22.0 Å². The highest BCUT2D eigenvalue weighted by molar-refractivity contribution is 5.88. The Hall–Kier alpha value is -2.51. The highest BCUT2D eigenvalue weighted by Gasteiger charge is 2.26. The van der Waals surface area contributed by atoms with Gasteiger partial charge in [0.1, 0.15) is 0 Å². The van der Waals surface area contributed by atoms with Gasteiger partial charge in [-0.1, -0.05) is 31.2 Å². The van der Waals surface area contributed by atoms with Crippen molar-refractivity contribution in [2.45, 2.75) is 13.2 Å². The highest BCUT2D eigenvalue weighted by atomic mass is 19.2. The van der Waals surface area contributed by atoms with Crippen LogP contribution in [0.25, 0.3) is 21.9 Å². The summed E-state index contributed by atoms with van der Waals surface area (Å²) in [4.78, 5) is 0. The van der Waals surface area contributed by atoms with Crippen LogP contribution in [0.1, 0.15) is 18.8 Å². The van der Waals surface area contributed by atoms with Gasteiger partial charge >= 0.3 is 0 Å². The minimum Gasteiger partial charge on any atom is -0.348 e. The van der Waals surface area contributed by atoms with Crippen LogP contribution in [0.2, 0.25) is 0 Å². The molecule has 0 atom stereocenters. The Morgan fingerprint density at radius 3 is 2.21 bits per heavy atom. The van der Waals surface area contributed by atoms with Crippen LogP contribution >= 0.6 is 0 Å². The maximum atomic E-state index is 14.7. The Bertz CT molecular complexity index is 1060. The third-order valence-electron chi connectivity index (χ3n) is 4.71. The fourth-order valence-corrected chi connectivity index (χ4v) is 3.22. The number of hydrogen-bond donors (Lipinski definition) is 0. The molecule has 146 valence electrons. The summed E-state index contributed by atoms with van der Waals surface area (Å²) in [6.07, 6.45) is -0.998. The molecule has 1 heterocycles. The molecule has 7 heteroatoms. The number of hydrogen-bond acceptors (Lipinski definition) is 2. The molecule has 0 aromatic heterocycles. The summed E-state index contributed by atoms with van der Waals surface area (Å²) in [5, 5.41) is -0.121. The van der Waals surface area contributed by atoms with Crippen LogP contribution in [0.3, 0.4) is 0 Å². The van der Waals surface area contributed by atoms with Crippen molar-refractivity contribution in [2.75, 3.05) is 13.2 Å². The molecule has 3 aromatic rings. The van der Waals surface area contributed by atoms with Gasteiger partial charge in [-0.25, -0.2) is 22.0 Å².